The Morgan fingerprint density at radius 2 is 2.29 bits per heavy atom. The van der Waals surface area contributed by atoms with E-state index in [1.54, 1.807) is 6.07 Å². The normalized spacial score (nSPS) is 10.1. The first-order valence-corrected chi connectivity index (χ1v) is 4.61. The highest BCUT2D eigenvalue weighted by Crippen LogP contribution is 2.26. The number of ether oxygens (including phenoxy) is 1. The lowest BCUT2D eigenvalue weighted by molar-refractivity contribution is 0.111. The topological polar surface area (TPSA) is 46.5 Å². The van der Waals surface area contributed by atoms with E-state index in [0.717, 1.165) is 0 Å². The highest BCUT2D eigenvalue weighted by Gasteiger charge is 2.08. The first kappa shape index (κ1) is 11.0. The maximum atomic E-state index is 10.5. The van der Waals surface area contributed by atoms with Crippen LogP contribution in [0.3, 0.4) is 0 Å². The summed E-state index contributed by atoms with van der Waals surface area (Å²) in [5.41, 5.74) is 0.716. The highest BCUT2D eigenvalue weighted by atomic mass is 35.5. The Labute approximate surface area is 87.3 Å². The van der Waals surface area contributed by atoms with E-state index in [4.69, 9.17) is 16.3 Å². The standard InChI is InChI=1S/C10H11ClO3/c1-2-14-6-8-4-9(11)3-7(5-12)10(8)13/h3-5,13H,2,6H2,1H3. The van der Waals surface area contributed by atoms with E-state index >= 15 is 0 Å². The Morgan fingerprint density at radius 1 is 1.57 bits per heavy atom. The summed E-state index contributed by atoms with van der Waals surface area (Å²) in [6.07, 6.45) is 0.566. The molecule has 1 N–H and O–H groups in total. The van der Waals surface area contributed by atoms with Crippen LogP contribution in [0.2, 0.25) is 5.02 Å². The van der Waals surface area contributed by atoms with Crippen molar-refractivity contribution in [3.63, 3.8) is 0 Å². The number of phenols is 1. The fraction of sp³-hybridized carbons (Fsp3) is 0.300. The molecule has 0 atom stereocenters. The summed E-state index contributed by atoms with van der Waals surface area (Å²) < 4.78 is 5.12. The molecule has 0 heterocycles. The van der Waals surface area contributed by atoms with Crippen molar-refractivity contribution >= 4 is 17.9 Å². The summed E-state index contributed by atoms with van der Waals surface area (Å²) in [7, 11) is 0. The number of carbonyl (C=O) groups is 1. The van der Waals surface area contributed by atoms with E-state index in [2.05, 4.69) is 0 Å². The van der Waals surface area contributed by atoms with Crippen LogP contribution in [0, 0.1) is 0 Å². The zero-order chi connectivity index (χ0) is 10.6. The van der Waals surface area contributed by atoms with E-state index in [1.807, 2.05) is 6.92 Å². The van der Waals surface area contributed by atoms with Gasteiger partial charge in [-0.2, -0.15) is 0 Å². The number of carbonyl (C=O) groups excluding carboxylic acids is 1. The van der Waals surface area contributed by atoms with Crippen LogP contribution >= 0.6 is 11.6 Å². The number of halogens is 1. The van der Waals surface area contributed by atoms with Crippen LogP contribution in [-0.4, -0.2) is 18.0 Å². The minimum atomic E-state index is -0.0575. The molecule has 0 bridgehead atoms. The van der Waals surface area contributed by atoms with Crippen molar-refractivity contribution in [1.82, 2.24) is 0 Å². The lowest BCUT2D eigenvalue weighted by atomic mass is 10.1. The van der Waals surface area contributed by atoms with E-state index in [9.17, 15) is 9.90 Å². The third kappa shape index (κ3) is 2.47. The van der Waals surface area contributed by atoms with Gasteiger partial charge in [0.25, 0.3) is 0 Å². The predicted octanol–water partition coefficient (Wildman–Crippen LogP) is 2.39. The van der Waals surface area contributed by atoms with E-state index in [1.165, 1.54) is 6.07 Å². The minimum Gasteiger partial charge on any atom is -0.507 e. The molecule has 4 heteroatoms. The Kier molecular flexibility index (Phi) is 3.92. The lowest BCUT2D eigenvalue weighted by Gasteiger charge is -2.07. The number of aromatic hydroxyl groups is 1. The molecule has 3 nitrogen and oxygen atoms in total. The van der Waals surface area contributed by atoms with Gasteiger partial charge in [-0.3, -0.25) is 4.79 Å². The predicted molar refractivity (Wildman–Crippen MR) is 53.8 cm³/mol. The number of aldehydes is 1. The molecular weight excluding hydrogens is 204 g/mol. The zero-order valence-corrected chi connectivity index (χ0v) is 8.54. The van der Waals surface area contributed by atoms with Crippen molar-refractivity contribution in [2.45, 2.75) is 13.5 Å². The van der Waals surface area contributed by atoms with Gasteiger partial charge in [0.05, 0.1) is 12.2 Å². The molecule has 1 aromatic carbocycles. The highest BCUT2D eigenvalue weighted by molar-refractivity contribution is 6.31. The Hall–Kier alpha value is -1.06. The SMILES string of the molecule is CCOCc1cc(Cl)cc(C=O)c1O. The lowest BCUT2D eigenvalue weighted by Crippen LogP contribution is -1.95. The third-order valence-electron chi connectivity index (χ3n) is 1.77. The quantitative estimate of drug-likeness (QED) is 0.783. The molecule has 1 aromatic rings. The summed E-state index contributed by atoms with van der Waals surface area (Å²) in [5.74, 6) is -0.0575. The summed E-state index contributed by atoms with van der Waals surface area (Å²) in [5, 5.41) is 9.99. The molecule has 1 rings (SSSR count). The number of benzene rings is 1. The van der Waals surface area contributed by atoms with Crippen molar-refractivity contribution in [3.05, 3.63) is 28.3 Å². The molecule has 0 aliphatic heterocycles. The largest absolute Gasteiger partial charge is 0.507 e. The molecule has 76 valence electrons. The number of phenolic OH excluding ortho intramolecular Hbond substituents is 1. The average molecular weight is 215 g/mol. The van der Waals surface area contributed by atoms with Crippen molar-refractivity contribution in [3.8, 4) is 5.75 Å². The Morgan fingerprint density at radius 3 is 2.86 bits per heavy atom. The fourth-order valence-electron chi connectivity index (χ4n) is 1.09. The molecular formula is C10H11ClO3. The molecule has 0 saturated heterocycles. The Bertz CT molecular complexity index is 336. The van der Waals surface area contributed by atoms with Crippen molar-refractivity contribution in [2.24, 2.45) is 0 Å². The second kappa shape index (κ2) is 4.98. The maximum absolute atomic E-state index is 10.5. The molecule has 0 radical (unpaired) electrons. The van der Waals surface area contributed by atoms with Gasteiger partial charge in [0.15, 0.2) is 6.29 Å². The number of rotatable bonds is 4. The molecule has 0 spiro atoms. The fourth-order valence-corrected chi connectivity index (χ4v) is 1.34. The van der Waals surface area contributed by atoms with Crippen LogP contribution in [0.5, 0.6) is 5.75 Å². The number of hydrogen-bond donors (Lipinski definition) is 1. The van der Waals surface area contributed by atoms with Crippen LogP contribution in [-0.2, 0) is 11.3 Å². The van der Waals surface area contributed by atoms with Crippen LogP contribution in [0.15, 0.2) is 12.1 Å². The maximum Gasteiger partial charge on any atom is 0.153 e. The summed E-state index contributed by atoms with van der Waals surface area (Å²) in [6.45, 7) is 2.65. The smallest absolute Gasteiger partial charge is 0.153 e. The van der Waals surface area contributed by atoms with Crippen LogP contribution in [0.25, 0.3) is 0 Å². The van der Waals surface area contributed by atoms with Gasteiger partial charge in [0.2, 0.25) is 0 Å². The van der Waals surface area contributed by atoms with Crippen molar-refractivity contribution < 1.29 is 14.6 Å². The van der Waals surface area contributed by atoms with Gasteiger partial charge in [-0.1, -0.05) is 11.6 Å². The first-order chi connectivity index (χ1) is 6.69. The average Bonchev–Trinajstić information content (AvgIpc) is 2.18. The van der Waals surface area contributed by atoms with E-state index in [0.29, 0.717) is 23.5 Å². The van der Waals surface area contributed by atoms with Gasteiger partial charge in [-0.05, 0) is 19.1 Å². The second-order valence-corrected chi connectivity index (χ2v) is 3.19. The zero-order valence-electron chi connectivity index (χ0n) is 7.79. The van der Waals surface area contributed by atoms with Crippen LogP contribution in [0.1, 0.15) is 22.8 Å². The molecule has 0 fully saturated rings. The number of hydrogen-bond acceptors (Lipinski definition) is 3. The van der Waals surface area contributed by atoms with E-state index in [-0.39, 0.29) is 17.9 Å². The molecule has 0 amide bonds. The molecule has 14 heavy (non-hydrogen) atoms. The van der Waals surface area contributed by atoms with Crippen molar-refractivity contribution in [1.29, 1.82) is 0 Å². The van der Waals surface area contributed by atoms with Gasteiger partial charge in [0.1, 0.15) is 5.75 Å². The van der Waals surface area contributed by atoms with Gasteiger partial charge >= 0.3 is 0 Å². The van der Waals surface area contributed by atoms with Gasteiger partial charge < -0.3 is 9.84 Å². The van der Waals surface area contributed by atoms with Gasteiger partial charge in [-0.15, -0.1) is 0 Å². The molecule has 0 unspecified atom stereocenters. The minimum absolute atomic E-state index is 0.0575. The van der Waals surface area contributed by atoms with Crippen molar-refractivity contribution in [2.75, 3.05) is 6.61 Å². The molecule has 0 aromatic heterocycles. The van der Waals surface area contributed by atoms with Crippen LogP contribution in [0.4, 0.5) is 0 Å². The summed E-state index contributed by atoms with van der Waals surface area (Å²) in [6, 6.07) is 3.00. The second-order valence-electron chi connectivity index (χ2n) is 2.76. The monoisotopic (exact) mass is 214 g/mol. The van der Waals surface area contributed by atoms with Gasteiger partial charge in [-0.25, -0.2) is 0 Å². The molecule has 0 aliphatic rings. The first-order valence-electron chi connectivity index (χ1n) is 4.23. The third-order valence-corrected chi connectivity index (χ3v) is 1.99. The summed E-state index contributed by atoms with van der Waals surface area (Å²) >= 11 is 5.75. The molecule has 0 saturated carbocycles. The van der Waals surface area contributed by atoms with E-state index < -0.39 is 0 Å². The van der Waals surface area contributed by atoms with Crippen LogP contribution < -0.4 is 0 Å². The Balaban J connectivity index is 3.02. The van der Waals surface area contributed by atoms with Gasteiger partial charge in [0, 0.05) is 17.2 Å². The molecule has 0 aliphatic carbocycles. The summed E-state index contributed by atoms with van der Waals surface area (Å²) in [4.78, 5) is 10.5.